The molecule has 1 atom stereocenters. The average molecular weight is 204 g/mol. The normalized spacial score (nSPS) is 19.5. The Kier molecular flexibility index (Phi) is 2.76. The Hall–Kier alpha value is -1.31. The van der Waals surface area contributed by atoms with Gasteiger partial charge in [-0.25, -0.2) is 0 Å². The molecule has 0 radical (unpaired) electrons. The van der Waals surface area contributed by atoms with Gasteiger partial charge in [0.15, 0.2) is 0 Å². The molecule has 80 valence electrons. The second-order valence-corrected chi connectivity index (χ2v) is 4.38. The standard InChI is InChI=1S/C13H16O2/c1-9(2)13(14)11-7-10-5-3-4-6-12(10)15-8-11/h3-6,9,11H,7-8H2,1-2H3. The summed E-state index contributed by atoms with van der Waals surface area (Å²) in [4.78, 5) is 11.8. The number of para-hydroxylation sites is 1. The molecular weight excluding hydrogens is 188 g/mol. The largest absolute Gasteiger partial charge is 0.493 e. The Balaban J connectivity index is 2.15. The lowest BCUT2D eigenvalue weighted by atomic mass is 9.88. The number of fused-ring (bicyclic) bond motifs is 1. The maximum Gasteiger partial charge on any atom is 0.142 e. The molecule has 1 aliphatic heterocycles. The molecule has 2 rings (SSSR count). The maximum absolute atomic E-state index is 11.8. The molecule has 1 unspecified atom stereocenters. The summed E-state index contributed by atoms with van der Waals surface area (Å²) in [5.74, 6) is 1.39. The van der Waals surface area contributed by atoms with E-state index < -0.39 is 0 Å². The van der Waals surface area contributed by atoms with Crippen molar-refractivity contribution in [2.24, 2.45) is 11.8 Å². The summed E-state index contributed by atoms with van der Waals surface area (Å²) in [5.41, 5.74) is 1.16. The van der Waals surface area contributed by atoms with Gasteiger partial charge in [-0.3, -0.25) is 4.79 Å². The van der Waals surface area contributed by atoms with E-state index in [4.69, 9.17) is 4.74 Å². The Morgan fingerprint density at radius 1 is 1.40 bits per heavy atom. The van der Waals surface area contributed by atoms with E-state index in [9.17, 15) is 4.79 Å². The van der Waals surface area contributed by atoms with Crippen molar-refractivity contribution in [2.45, 2.75) is 20.3 Å². The lowest BCUT2D eigenvalue weighted by Crippen LogP contribution is -2.30. The highest BCUT2D eigenvalue weighted by Crippen LogP contribution is 2.28. The minimum absolute atomic E-state index is 0.0416. The predicted octanol–water partition coefficient (Wildman–Crippen LogP) is 2.46. The smallest absolute Gasteiger partial charge is 0.142 e. The van der Waals surface area contributed by atoms with Crippen LogP contribution in [0.15, 0.2) is 24.3 Å². The number of ketones is 1. The molecule has 0 bridgehead atoms. The Morgan fingerprint density at radius 3 is 2.87 bits per heavy atom. The highest BCUT2D eigenvalue weighted by atomic mass is 16.5. The van der Waals surface area contributed by atoms with Crippen LogP contribution in [0.5, 0.6) is 5.75 Å². The van der Waals surface area contributed by atoms with Crippen LogP contribution in [0.4, 0.5) is 0 Å². The first kappa shape index (κ1) is 10.2. The second kappa shape index (κ2) is 4.05. The fourth-order valence-electron chi connectivity index (χ4n) is 1.98. The molecule has 1 aromatic carbocycles. The van der Waals surface area contributed by atoms with Crippen molar-refractivity contribution >= 4 is 5.78 Å². The molecule has 15 heavy (non-hydrogen) atoms. The molecular formula is C13H16O2. The first-order chi connectivity index (χ1) is 7.18. The molecule has 0 N–H and O–H groups in total. The van der Waals surface area contributed by atoms with Crippen molar-refractivity contribution < 1.29 is 9.53 Å². The van der Waals surface area contributed by atoms with Gasteiger partial charge in [-0.1, -0.05) is 32.0 Å². The molecule has 2 heteroatoms. The van der Waals surface area contributed by atoms with Crippen LogP contribution in [-0.4, -0.2) is 12.4 Å². The van der Waals surface area contributed by atoms with Crippen molar-refractivity contribution in [3.63, 3.8) is 0 Å². The van der Waals surface area contributed by atoms with Gasteiger partial charge < -0.3 is 4.74 Å². The molecule has 1 aliphatic rings. The molecule has 0 amide bonds. The molecule has 0 spiro atoms. The zero-order valence-corrected chi connectivity index (χ0v) is 9.19. The van der Waals surface area contributed by atoms with Crippen LogP contribution >= 0.6 is 0 Å². The summed E-state index contributed by atoms with van der Waals surface area (Å²) in [6.07, 6.45) is 0.827. The van der Waals surface area contributed by atoms with Gasteiger partial charge in [0.05, 0.1) is 12.5 Å². The van der Waals surface area contributed by atoms with Crippen LogP contribution in [0.25, 0.3) is 0 Å². The van der Waals surface area contributed by atoms with Gasteiger partial charge >= 0.3 is 0 Å². The lowest BCUT2D eigenvalue weighted by molar-refractivity contribution is -0.127. The van der Waals surface area contributed by atoms with Crippen molar-refractivity contribution in [3.8, 4) is 5.75 Å². The lowest BCUT2D eigenvalue weighted by Gasteiger charge is -2.25. The van der Waals surface area contributed by atoms with E-state index in [0.717, 1.165) is 17.7 Å². The minimum Gasteiger partial charge on any atom is -0.493 e. The van der Waals surface area contributed by atoms with E-state index in [1.807, 2.05) is 38.1 Å². The van der Waals surface area contributed by atoms with Gasteiger partial charge in [0.1, 0.15) is 11.5 Å². The summed E-state index contributed by atoms with van der Waals surface area (Å²) in [5, 5.41) is 0. The predicted molar refractivity (Wildman–Crippen MR) is 59.0 cm³/mol. The minimum atomic E-state index is 0.0416. The van der Waals surface area contributed by atoms with Crippen molar-refractivity contribution in [2.75, 3.05) is 6.61 Å². The van der Waals surface area contributed by atoms with Gasteiger partial charge in [0, 0.05) is 5.92 Å². The number of benzene rings is 1. The number of hydrogen-bond acceptors (Lipinski definition) is 2. The summed E-state index contributed by atoms with van der Waals surface area (Å²) in [6.45, 7) is 4.43. The van der Waals surface area contributed by atoms with Gasteiger partial charge in [-0.15, -0.1) is 0 Å². The number of ether oxygens (including phenoxy) is 1. The molecule has 0 saturated carbocycles. The van der Waals surface area contributed by atoms with E-state index in [1.165, 1.54) is 0 Å². The van der Waals surface area contributed by atoms with Crippen LogP contribution < -0.4 is 4.74 Å². The van der Waals surface area contributed by atoms with Gasteiger partial charge in [0.25, 0.3) is 0 Å². The second-order valence-electron chi connectivity index (χ2n) is 4.38. The number of carbonyl (C=O) groups excluding carboxylic acids is 1. The number of rotatable bonds is 2. The van der Waals surface area contributed by atoms with Gasteiger partial charge in [0.2, 0.25) is 0 Å². The molecule has 0 fully saturated rings. The average Bonchev–Trinajstić information content (AvgIpc) is 2.27. The third-order valence-electron chi connectivity index (χ3n) is 2.85. The van der Waals surface area contributed by atoms with E-state index >= 15 is 0 Å². The van der Waals surface area contributed by atoms with E-state index in [1.54, 1.807) is 0 Å². The SMILES string of the molecule is CC(C)C(=O)C1COc2ccccc2C1. The van der Waals surface area contributed by atoms with E-state index in [-0.39, 0.29) is 11.8 Å². The third-order valence-corrected chi connectivity index (χ3v) is 2.85. The first-order valence-corrected chi connectivity index (χ1v) is 5.43. The first-order valence-electron chi connectivity index (χ1n) is 5.43. The molecule has 1 heterocycles. The third kappa shape index (κ3) is 2.04. The summed E-state index contributed by atoms with van der Waals surface area (Å²) >= 11 is 0. The number of Topliss-reactive ketones (excluding diaryl/α,β-unsaturated/α-hetero) is 1. The quantitative estimate of drug-likeness (QED) is 0.739. The molecule has 0 saturated heterocycles. The topological polar surface area (TPSA) is 26.3 Å². The maximum atomic E-state index is 11.8. The van der Waals surface area contributed by atoms with Crippen LogP contribution in [0.2, 0.25) is 0 Å². The van der Waals surface area contributed by atoms with Crippen LogP contribution in [0, 0.1) is 11.8 Å². The zero-order chi connectivity index (χ0) is 10.8. The number of hydrogen-bond donors (Lipinski definition) is 0. The fourth-order valence-corrected chi connectivity index (χ4v) is 1.98. The van der Waals surface area contributed by atoms with Gasteiger partial charge in [-0.2, -0.15) is 0 Å². The van der Waals surface area contributed by atoms with Crippen molar-refractivity contribution in [1.82, 2.24) is 0 Å². The fraction of sp³-hybridized carbons (Fsp3) is 0.462. The highest BCUT2D eigenvalue weighted by Gasteiger charge is 2.26. The number of carbonyl (C=O) groups is 1. The van der Waals surface area contributed by atoms with E-state index in [2.05, 4.69) is 0 Å². The Labute approximate surface area is 90.3 Å². The van der Waals surface area contributed by atoms with Crippen LogP contribution in [0.1, 0.15) is 19.4 Å². The highest BCUT2D eigenvalue weighted by molar-refractivity contribution is 5.83. The Morgan fingerprint density at radius 2 is 2.13 bits per heavy atom. The molecule has 1 aromatic rings. The summed E-state index contributed by atoms with van der Waals surface area (Å²) < 4.78 is 5.59. The summed E-state index contributed by atoms with van der Waals surface area (Å²) in [6, 6.07) is 7.95. The van der Waals surface area contributed by atoms with Crippen LogP contribution in [-0.2, 0) is 11.2 Å². The molecule has 0 aliphatic carbocycles. The monoisotopic (exact) mass is 204 g/mol. The molecule has 2 nitrogen and oxygen atoms in total. The zero-order valence-electron chi connectivity index (χ0n) is 9.19. The summed E-state index contributed by atoms with van der Waals surface area (Å²) in [7, 11) is 0. The van der Waals surface area contributed by atoms with Crippen molar-refractivity contribution in [3.05, 3.63) is 29.8 Å². The van der Waals surface area contributed by atoms with Gasteiger partial charge in [-0.05, 0) is 18.1 Å². The van der Waals surface area contributed by atoms with Crippen LogP contribution in [0.3, 0.4) is 0 Å². The Bertz CT molecular complexity index is 369. The van der Waals surface area contributed by atoms with E-state index in [0.29, 0.717) is 12.4 Å². The van der Waals surface area contributed by atoms with Crippen molar-refractivity contribution in [1.29, 1.82) is 0 Å². The molecule has 0 aromatic heterocycles.